The number of β-amino-alcohol motifs (C(OH)–C–C–N with tert-alkyl or cyclic N) is 1. The van der Waals surface area contributed by atoms with Crippen LogP contribution in [0.2, 0.25) is 0 Å². The van der Waals surface area contributed by atoms with Crippen LogP contribution in [0, 0.1) is 5.82 Å². The van der Waals surface area contributed by atoms with E-state index in [9.17, 15) is 14.3 Å². The van der Waals surface area contributed by atoms with Crippen molar-refractivity contribution in [2.45, 2.75) is 25.4 Å². The van der Waals surface area contributed by atoms with E-state index in [-0.39, 0.29) is 17.2 Å². The van der Waals surface area contributed by atoms with Crippen molar-refractivity contribution in [3.05, 3.63) is 29.6 Å². The molecule has 1 aliphatic heterocycles. The van der Waals surface area contributed by atoms with Crippen molar-refractivity contribution in [3.63, 3.8) is 0 Å². The van der Waals surface area contributed by atoms with Crippen LogP contribution in [0.4, 0.5) is 10.1 Å². The molecule has 3 N–H and O–H groups in total. The van der Waals surface area contributed by atoms with Crippen LogP contribution < -0.4 is 5.73 Å². The lowest BCUT2D eigenvalue weighted by atomic mass is 9.89. The van der Waals surface area contributed by atoms with Gasteiger partial charge in [0.15, 0.2) is 0 Å². The van der Waals surface area contributed by atoms with Crippen LogP contribution in [0.25, 0.3) is 0 Å². The molecule has 5 heteroatoms. The number of nitrogens with zero attached hydrogens (tertiary/aromatic N) is 1. The largest absolute Gasteiger partial charge is 0.396 e. The Morgan fingerprint density at radius 2 is 2.22 bits per heavy atom. The summed E-state index contributed by atoms with van der Waals surface area (Å²) in [6.45, 7) is 2.61. The Bertz CT molecular complexity index is 470. The molecule has 2 rings (SSSR count). The van der Waals surface area contributed by atoms with Gasteiger partial charge in [-0.3, -0.25) is 4.79 Å². The second-order valence-electron chi connectivity index (χ2n) is 4.87. The Kier molecular flexibility index (Phi) is 3.26. The van der Waals surface area contributed by atoms with Gasteiger partial charge in [-0.05, 0) is 24.6 Å². The number of amides is 1. The average molecular weight is 252 g/mol. The molecule has 0 bridgehead atoms. The maximum Gasteiger partial charge on any atom is 0.254 e. The second kappa shape index (κ2) is 4.57. The molecule has 0 radical (unpaired) electrons. The summed E-state index contributed by atoms with van der Waals surface area (Å²) in [5.74, 6) is -0.861. The highest BCUT2D eigenvalue weighted by atomic mass is 19.1. The molecule has 0 saturated carbocycles. The maximum absolute atomic E-state index is 13.3. The van der Waals surface area contributed by atoms with Crippen molar-refractivity contribution in [3.8, 4) is 0 Å². The molecule has 0 unspecified atom stereocenters. The van der Waals surface area contributed by atoms with Crippen LogP contribution in [0.1, 0.15) is 30.1 Å². The van der Waals surface area contributed by atoms with Gasteiger partial charge in [0.1, 0.15) is 5.82 Å². The number of hydrogen-bond acceptors (Lipinski definition) is 3. The quantitative estimate of drug-likeness (QED) is 0.799. The fourth-order valence-electron chi connectivity index (χ4n) is 2.27. The number of aliphatic hydroxyl groups is 1. The van der Waals surface area contributed by atoms with Crippen LogP contribution >= 0.6 is 0 Å². The van der Waals surface area contributed by atoms with E-state index in [2.05, 4.69) is 0 Å². The first-order valence-electron chi connectivity index (χ1n) is 6.02. The van der Waals surface area contributed by atoms with E-state index in [1.165, 1.54) is 17.0 Å². The average Bonchev–Trinajstić information content (AvgIpc) is 2.29. The predicted molar refractivity (Wildman–Crippen MR) is 66.6 cm³/mol. The topological polar surface area (TPSA) is 66.6 Å². The van der Waals surface area contributed by atoms with E-state index in [1.807, 2.05) is 6.92 Å². The molecule has 0 spiro atoms. The van der Waals surface area contributed by atoms with E-state index in [1.54, 1.807) is 0 Å². The third kappa shape index (κ3) is 2.31. The van der Waals surface area contributed by atoms with Gasteiger partial charge in [-0.25, -0.2) is 4.39 Å². The van der Waals surface area contributed by atoms with Crippen LogP contribution in [-0.2, 0) is 0 Å². The third-order valence-corrected chi connectivity index (χ3v) is 3.22. The molecule has 0 aliphatic carbocycles. The van der Waals surface area contributed by atoms with E-state index >= 15 is 0 Å². The number of hydrogen-bond donors (Lipinski definition) is 2. The number of benzene rings is 1. The number of halogens is 1. The Morgan fingerprint density at radius 3 is 2.78 bits per heavy atom. The molecule has 4 nitrogen and oxygen atoms in total. The lowest BCUT2D eigenvalue weighted by Crippen LogP contribution is -2.63. The van der Waals surface area contributed by atoms with Gasteiger partial charge in [0, 0.05) is 5.56 Å². The molecule has 0 atom stereocenters. The van der Waals surface area contributed by atoms with Gasteiger partial charge in [0.2, 0.25) is 0 Å². The number of rotatable bonds is 3. The summed E-state index contributed by atoms with van der Waals surface area (Å²) >= 11 is 0. The number of nitrogens with two attached hydrogens (primary N) is 1. The number of nitrogen functional groups attached to an aromatic ring is 1. The lowest BCUT2D eigenvalue weighted by Gasteiger charge is -2.46. The van der Waals surface area contributed by atoms with Crippen molar-refractivity contribution >= 4 is 11.6 Å². The van der Waals surface area contributed by atoms with Crippen molar-refractivity contribution in [1.29, 1.82) is 0 Å². The molecule has 1 fully saturated rings. The highest BCUT2D eigenvalue weighted by Gasteiger charge is 2.42. The molecule has 0 aromatic heterocycles. The molecule has 18 heavy (non-hydrogen) atoms. The first-order chi connectivity index (χ1) is 8.45. The zero-order valence-corrected chi connectivity index (χ0v) is 10.3. The minimum Gasteiger partial charge on any atom is -0.396 e. The zero-order valence-electron chi connectivity index (χ0n) is 10.3. The predicted octanol–water partition coefficient (Wildman–Crippen LogP) is 1.39. The Morgan fingerprint density at radius 1 is 1.56 bits per heavy atom. The number of carbonyl (C=O) groups excluding carboxylic acids is 1. The summed E-state index contributed by atoms with van der Waals surface area (Å²) in [4.78, 5) is 13.5. The summed E-state index contributed by atoms with van der Waals surface area (Å²) in [7, 11) is 0. The van der Waals surface area contributed by atoms with E-state index in [4.69, 9.17) is 5.73 Å². The molecular formula is C13H17FN2O2. The van der Waals surface area contributed by atoms with Gasteiger partial charge in [-0.2, -0.15) is 0 Å². The maximum atomic E-state index is 13.3. The Balaban J connectivity index is 2.03. The standard InChI is InChI=1S/C13H17FN2O2/c1-2-5-13(18)7-16(8-13)12(17)9-3-4-11(15)10(14)6-9/h3-4,6,18H,2,5,7-8,15H2,1H3. The first-order valence-corrected chi connectivity index (χ1v) is 6.02. The summed E-state index contributed by atoms with van der Waals surface area (Å²) in [6, 6.07) is 4.01. The number of anilines is 1. The smallest absolute Gasteiger partial charge is 0.254 e. The Labute approximate surface area is 105 Å². The monoisotopic (exact) mass is 252 g/mol. The zero-order chi connectivity index (χ0) is 13.3. The fraction of sp³-hybridized carbons (Fsp3) is 0.462. The van der Waals surface area contributed by atoms with Crippen LogP contribution in [0.15, 0.2) is 18.2 Å². The van der Waals surface area contributed by atoms with Crippen molar-refractivity contribution < 1.29 is 14.3 Å². The number of carbonyl (C=O) groups is 1. The lowest BCUT2D eigenvalue weighted by molar-refractivity contribution is -0.0860. The first kappa shape index (κ1) is 12.8. The molecule has 1 aromatic rings. The third-order valence-electron chi connectivity index (χ3n) is 3.22. The van der Waals surface area contributed by atoms with Crippen LogP contribution in [0.3, 0.4) is 0 Å². The SMILES string of the molecule is CCCC1(O)CN(C(=O)c2ccc(N)c(F)c2)C1. The highest BCUT2D eigenvalue weighted by Crippen LogP contribution is 2.27. The van der Waals surface area contributed by atoms with Crippen molar-refractivity contribution in [2.75, 3.05) is 18.8 Å². The number of likely N-dealkylation sites (tertiary alicyclic amines) is 1. The van der Waals surface area contributed by atoms with E-state index in [0.717, 1.165) is 12.5 Å². The van der Waals surface area contributed by atoms with Crippen molar-refractivity contribution in [2.24, 2.45) is 0 Å². The molecule has 1 aromatic carbocycles. The molecule has 1 aliphatic rings. The normalized spacial score (nSPS) is 17.4. The molecule has 1 amide bonds. The van der Waals surface area contributed by atoms with Crippen LogP contribution in [0.5, 0.6) is 0 Å². The van der Waals surface area contributed by atoms with Gasteiger partial charge in [-0.1, -0.05) is 13.3 Å². The summed E-state index contributed by atoms with van der Waals surface area (Å²) in [5, 5.41) is 9.99. The molecule has 1 heterocycles. The second-order valence-corrected chi connectivity index (χ2v) is 4.87. The van der Waals surface area contributed by atoms with Gasteiger partial charge in [-0.15, -0.1) is 0 Å². The molecule has 1 saturated heterocycles. The summed E-state index contributed by atoms with van der Waals surface area (Å²) in [5.41, 5.74) is 4.88. The minimum atomic E-state index is -0.767. The summed E-state index contributed by atoms with van der Waals surface area (Å²) < 4.78 is 13.3. The van der Waals surface area contributed by atoms with Gasteiger partial charge in [0.25, 0.3) is 5.91 Å². The Hall–Kier alpha value is -1.62. The molecule has 98 valence electrons. The van der Waals surface area contributed by atoms with Crippen LogP contribution in [-0.4, -0.2) is 34.6 Å². The molecular weight excluding hydrogens is 235 g/mol. The summed E-state index contributed by atoms with van der Waals surface area (Å²) in [6.07, 6.45) is 1.54. The highest BCUT2D eigenvalue weighted by molar-refractivity contribution is 5.95. The van der Waals surface area contributed by atoms with E-state index in [0.29, 0.717) is 19.5 Å². The van der Waals surface area contributed by atoms with Gasteiger partial charge < -0.3 is 15.7 Å². The minimum absolute atomic E-state index is 0.0256. The van der Waals surface area contributed by atoms with Gasteiger partial charge in [0.05, 0.1) is 24.4 Å². The van der Waals surface area contributed by atoms with Gasteiger partial charge >= 0.3 is 0 Å². The fourth-order valence-corrected chi connectivity index (χ4v) is 2.27. The van der Waals surface area contributed by atoms with Crippen molar-refractivity contribution in [1.82, 2.24) is 4.90 Å². The van der Waals surface area contributed by atoms with E-state index < -0.39 is 11.4 Å².